The van der Waals surface area contributed by atoms with Crippen LogP contribution in [-0.4, -0.2) is 193 Å². The highest BCUT2D eigenvalue weighted by Gasteiger charge is 2.54. The van der Waals surface area contributed by atoms with Crippen molar-refractivity contribution >= 4 is 5.91 Å². The lowest BCUT2D eigenvalue weighted by atomic mass is 9.96. The lowest BCUT2D eigenvalue weighted by molar-refractivity contribution is -0.379. The Bertz CT molecular complexity index is 1880. The quantitative estimate of drug-likeness (QED) is 0.0199. The average molecular weight is 1420 g/mol. The highest BCUT2D eigenvalue weighted by Crippen LogP contribution is 2.33. The lowest BCUT2D eigenvalue weighted by Gasteiger charge is -2.48. The van der Waals surface area contributed by atoms with Crippen molar-refractivity contribution in [1.82, 2.24) is 5.32 Å². The molecule has 3 aliphatic rings. The third-order valence-electron chi connectivity index (χ3n) is 20.7. The van der Waals surface area contributed by atoms with E-state index in [0.29, 0.717) is 6.42 Å². The Morgan fingerprint density at radius 1 is 0.354 bits per heavy atom. The molecule has 0 saturated carbocycles. The van der Waals surface area contributed by atoms with Gasteiger partial charge in [-0.3, -0.25) is 4.79 Å². The number of carbonyl (C=O) groups is 1. The fourth-order valence-electron chi connectivity index (χ4n) is 14.1. The number of allylic oxidation sites excluding steroid dienone is 3. The third kappa shape index (κ3) is 41.7. The second-order valence-corrected chi connectivity index (χ2v) is 29.6. The number of hydrogen-bond acceptors (Lipinski definition) is 18. The van der Waals surface area contributed by atoms with Gasteiger partial charge in [-0.2, -0.15) is 0 Å². The summed E-state index contributed by atoms with van der Waals surface area (Å²) in [5.41, 5.74) is 0. The molecule has 3 fully saturated rings. The monoisotopic (exact) mass is 1410 g/mol. The van der Waals surface area contributed by atoms with Gasteiger partial charge in [0.15, 0.2) is 18.9 Å². The van der Waals surface area contributed by atoms with E-state index < -0.39 is 124 Å². The van der Waals surface area contributed by atoms with Gasteiger partial charge in [-0.15, -0.1) is 0 Å². The molecule has 17 atom stereocenters. The van der Waals surface area contributed by atoms with E-state index in [0.717, 1.165) is 44.9 Å². The topological polar surface area (TPSA) is 307 Å². The summed E-state index contributed by atoms with van der Waals surface area (Å²) in [5, 5.41) is 121. The van der Waals surface area contributed by atoms with E-state index >= 15 is 0 Å². The molecule has 19 nitrogen and oxygen atoms in total. The zero-order valence-corrected chi connectivity index (χ0v) is 62.5. The normalized spacial score (nSPS) is 26.7. The molecule has 0 spiro atoms. The highest BCUT2D eigenvalue weighted by molar-refractivity contribution is 5.76. The number of hydrogen-bond donors (Lipinski definition) is 12. The van der Waals surface area contributed by atoms with Crippen LogP contribution in [0.15, 0.2) is 24.3 Å². The molecule has 17 unspecified atom stereocenters. The molecule has 3 saturated heterocycles. The van der Waals surface area contributed by atoms with Gasteiger partial charge in [0, 0.05) is 6.42 Å². The van der Waals surface area contributed by atoms with Crippen LogP contribution < -0.4 is 5.32 Å². The van der Waals surface area contributed by atoms with Gasteiger partial charge in [0.2, 0.25) is 5.91 Å². The predicted octanol–water partition coefficient (Wildman–Crippen LogP) is 13.7. The van der Waals surface area contributed by atoms with Gasteiger partial charge in [-0.25, -0.2) is 0 Å². The molecule has 3 rings (SSSR count). The van der Waals surface area contributed by atoms with Crippen LogP contribution >= 0.6 is 0 Å². The minimum Gasteiger partial charge on any atom is -0.394 e. The van der Waals surface area contributed by atoms with Crippen molar-refractivity contribution < 1.29 is 89.4 Å². The van der Waals surface area contributed by atoms with Crippen molar-refractivity contribution in [3.05, 3.63) is 24.3 Å². The highest BCUT2D eigenvalue weighted by atomic mass is 16.8. The summed E-state index contributed by atoms with van der Waals surface area (Å²) in [6.45, 7) is 1.79. The van der Waals surface area contributed by atoms with Crippen LogP contribution in [0.3, 0.4) is 0 Å². The van der Waals surface area contributed by atoms with Crippen LogP contribution in [-0.2, 0) is 33.2 Å². The molecule has 3 aliphatic heterocycles. The van der Waals surface area contributed by atoms with Gasteiger partial charge in [0.1, 0.15) is 73.2 Å². The average Bonchev–Trinajstić information content (AvgIpc) is 0.782. The van der Waals surface area contributed by atoms with E-state index in [9.17, 15) is 61.0 Å². The SMILES string of the molecule is CCCCCCCCCC/C=C\CCCCCCCCCCCCCC(=O)NC(COC1OC(CO)C(OC2OC(CO)C(OC3OC(CO)C(O)C(O)C3O)C(O)C2O)C(O)C1O)C(O)/C=C/CCCCCCCCCCCCCCCCCCCCCCCCCCCCCCC. The molecule has 0 aromatic rings. The van der Waals surface area contributed by atoms with Gasteiger partial charge in [0.25, 0.3) is 0 Å². The van der Waals surface area contributed by atoms with E-state index in [4.69, 9.17) is 28.4 Å². The molecule has 1 amide bonds. The Morgan fingerprint density at radius 2 is 0.636 bits per heavy atom. The van der Waals surface area contributed by atoms with Crippen molar-refractivity contribution in [2.24, 2.45) is 0 Å². The van der Waals surface area contributed by atoms with E-state index in [1.807, 2.05) is 6.08 Å². The van der Waals surface area contributed by atoms with Gasteiger partial charge in [-0.1, -0.05) is 321 Å². The first-order valence-electron chi connectivity index (χ1n) is 41.1. The maximum absolute atomic E-state index is 13.5. The predicted molar refractivity (Wildman–Crippen MR) is 393 cm³/mol. The van der Waals surface area contributed by atoms with Gasteiger partial charge >= 0.3 is 0 Å². The number of aliphatic hydroxyl groups excluding tert-OH is 11. The number of ether oxygens (including phenoxy) is 6. The van der Waals surface area contributed by atoms with Crippen molar-refractivity contribution in [1.29, 1.82) is 0 Å². The third-order valence-corrected chi connectivity index (χ3v) is 20.7. The summed E-state index contributed by atoms with van der Waals surface area (Å²) >= 11 is 0. The van der Waals surface area contributed by atoms with Gasteiger partial charge < -0.3 is 89.9 Å². The number of amides is 1. The summed E-state index contributed by atoms with van der Waals surface area (Å²) in [6.07, 6.45) is 47.4. The molecule has 0 aromatic carbocycles. The number of nitrogens with one attached hydrogen (secondary N) is 1. The summed E-state index contributed by atoms with van der Waals surface area (Å²) in [7, 11) is 0. The van der Waals surface area contributed by atoms with Crippen LogP contribution in [0.25, 0.3) is 0 Å². The largest absolute Gasteiger partial charge is 0.394 e. The minimum absolute atomic E-state index is 0.245. The Hall–Kier alpha value is -1.73. The number of unbranched alkanes of at least 4 members (excludes halogenated alkanes) is 48. The van der Waals surface area contributed by atoms with E-state index in [1.165, 1.54) is 276 Å². The first-order valence-corrected chi connectivity index (χ1v) is 41.1. The van der Waals surface area contributed by atoms with Crippen LogP contribution in [0.1, 0.15) is 348 Å². The maximum Gasteiger partial charge on any atom is 0.220 e. The second-order valence-electron chi connectivity index (χ2n) is 29.6. The fraction of sp³-hybridized carbons (Fsp3) is 0.938. The minimum atomic E-state index is -1.98. The second kappa shape index (κ2) is 61.4. The molecule has 0 radical (unpaired) electrons. The number of rotatable bonds is 66. The van der Waals surface area contributed by atoms with Gasteiger partial charge in [-0.05, 0) is 44.9 Å². The Morgan fingerprint density at radius 3 is 0.980 bits per heavy atom. The van der Waals surface area contributed by atoms with E-state index in [-0.39, 0.29) is 18.9 Å². The summed E-state index contributed by atoms with van der Waals surface area (Å²) in [5.74, 6) is -0.270. The van der Waals surface area contributed by atoms with Crippen LogP contribution in [0.4, 0.5) is 0 Å². The van der Waals surface area contributed by atoms with Crippen molar-refractivity contribution in [2.45, 2.75) is 452 Å². The first kappa shape index (κ1) is 91.5. The van der Waals surface area contributed by atoms with Crippen LogP contribution in [0.2, 0.25) is 0 Å². The molecule has 0 aliphatic carbocycles. The zero-order valence-electron chi connectivity index (χ0n) is 62.5. The van der Waals surface area contributed by atoms with Crippen molar-refractivity contribution in [2.75, 3.05) is 26.4 Å². The lowest BCUT2D eigenvalue weighted by Crippen LogP contribution is -2.66. The summed E-state index contributed by atoms with van der Waals surface area (Å²) in [4.78, 5) is 13.5. The molecule has 3 heterocycles. The number of carbonyl (C=O) groups excluding carboxylic acids is 1. The molecule has 0 aromatic heterocycles. The fourth-order valence-corrected chi connectivity index (χ4v) is 14.1. The van der Waals surface area contributed by atoms with Crippen molar-refractivity contribution in [3.63, 3.8) is 0 Å². The van der Waals surface area contributed by atoms with Gasteiger partial charge in [0.05, 0.1) is 38.6 Å². The molecule has 0 bridgehead atoms. The molecular formula is C80H151NO18. The summed E-state index contributed by atoms with van der Waals surface area (Å²) in [6, 6.07) is -0.974. The standard InChI is InChI=1S/C80H151NO18/c1-3-5-7-9-11-13-15-17-19-21-23-25-27-28-29-30-31-32-33-34-36-37-39-41-43-45-47-49-51-53-55-57-64(85)63(81-68(86)58-56-54-52-50-48-46-44-42-40-38-35-26-24-22-20-18-16-14-12-10-8-6-4-2)62-94-78-74(92)71(89)76(66(60-83)96-78)99-80-75(93)72(90)77(67(61-84)97-80)98-79-73(91)70(88)69(87)65(59-82)95-79/h22,24,55,57,63-67,69-80,82-85,87-93H,3-21,23,25-54,56,58-62H2,1-2H3,(H,81,86)/b24-22-,57-55+. The first-order chi connectivity index (χ1) is 48.3. The Balaban J connectivity index is 1.37. The van der Waals surface area contributed by atoms with Crippen molar-refractivity contribution in [3.8, 4) is 0 Å². The smallest absolute Gasteiger partial charge is 0.220 e. The van der Waals surface area contributed by atoms with Crippen LogP contribution in [0.5, 0.6) is 0 Å². The molecule has 19 heteroatoms. The van der Waals surface area contributed by atoms with Crippen LogP contribution in [0, 0.1) is 0 Å². The summed E-state index contributed by atoms with van der Waals surface area (Å²) < 4.78 is 34.5. The molecular weight excluding hydrogens is 1260 g/mol. The number of aliphatic hydroxyl groups is 11. The Kier molecular flexibility index (Phi) is 56.8. The zero-order chi connectivity index (χ0) is 71.8. The molecule has 12 N–H and O–H groups in total. The Labute approximate surface area is 600 Å². The van der Waals surface area contributed by atoms with E-state index in [1.54, 1.807) is 6.08 Å². The molecule has 584 valence electrons. The van der Waals surface area contributed by atoms with E-state index in [2.05, 4.69) is 31.3 Å². The molecule has 99 heavy (non-hydrogen) atoms. The maximum atomic E-state index is 13.5.